The summed E-state index contributed by atoms with van der Waals surface area (Å²) in [5.41, 5.74) is 1.11. The molecule has 0 bridgehead atoms. The third-order valence-electron chi connectivity index (χ3n) is 1.78. The number of nitrogens with one attached hydrogen (secondary N) is 1. The van der Waals surface area contributed by atoms with E-state index in [1.807, 2.05) is 30.7 Å². The first-order valence-corrected chi connectivity index (χ1v) is 5.73. The molecule has 0 aliphatic heterocycles. The van der Waals surface area contributed by atoms with E-state index in [1.54, 1.807) is 0 Å². The quantitative estimate of drug-likeness (QED) is 0.829. The molecule has 0 saturated heterocycles. The molecule has 1 aromatic heterocycles. The molecule has 0 fully saturated rings. The molecular formula is C10H12BrNOS. The Hall–Kier alpha value is -0.610. The van der Waals surface area contributed by atoms with E-state index < -0.39 is 0 Å². The zero-order valence-electron chi connectivity index (χ0n) is 7.00. The lowest BCUT2D eigenvalue weighted by atomic mass is 10.2. The fraction of sp³-hybridized carbons (Fsp3) is 0.200. The van der Waals surface area contributed by atoms with E-state index in [0.29, 0.717) is 0 Å². The topological polar surface area (TPSA) is 25.0 Å². The summed E-state index contributed by atoms with van der Waals surface area (Å²) in [6.45, 7) is 0. The lowest BCUT2D eigenvalue weighted by molar-refractivity contribution is 0.651. The van der Waals surface area contributed by atoms with Crippen molar-refractivity contribution in [3.63, 3.8) is 0 Å². The van der Waals surface area contributed by atoms with E-state index in [-0.39, 0.29) is 7.43 Å². The monoisotopic (exact) mass is 273 g/mol. The molecule has 0 unspecified atom stereocenters. The van der Waals surface area contributed by atoms with Crippen molar-refractivity contribution < 1.29 is 4.18 Å². The highest BCUT2D eigenvalue weighted by atomic mass is 79.9. The Balaban J connectivity index is 0.000000980. The zero-order valence-corrected chi connectivity index (χ0v) is 9.41. The van der Waals surface area contributed by atoms with Gasteiger partial charge in [-0.15, -0.1) is 0 Å². The van der Waals surface area contributed by atoms with E-state index in [0.717, 1.165) is 21.1 Å². The van der Waals surface area contributed by atoms with Gasteiger partial charge in [-0.1, -0.05) is 7.43 Å². The van der Waals surface area contributed by atoms with Crippen LogP contribution in [0.3, 0.4) is 0 Å². The molecule has 1 aromatic carbocycles. The summed E-state index contributed by atoms with van der Waals surface area (Å²) in [4.78, 5) is 3.15. The highest BCUT2D eigenvalue weighted by Crippen LogP contribution is 2.28. The van der Waals surface area contributed by atoms with Crippen LogP contribution in [0, 0.1) is 0 Å². The highest BCUT2D eigenvalue weighted by molar-refractivity contribution is 9.10. The van der Waals surface area contributed by atoms with Gasteiger partial charge >= 0.3 is 0 Å². The Morgan fingerprint density at radius 1 is 1.43 bits per heavy atom. The van der Waals surface area contributed by atoms with Crippen LogP contribution in [0.1, 0.15) is 7.43 Å². The van der Waals surface area contributed by atoms with Gasteiger partial charge in [0.2, 0.25) is 0 Å². The van der Waals surface area contributed by atoms with Crippen molar-refractivity contribution >= 4 is 38.9 Å². The molecule has 0 aliphatic rings. The lowest BCUT2D eigenvalue weighted by Crippen LogP contribution is -1.78. The molecule has 1 heterocycles. The Kier molecular flexibility index (Phi) is 3.89. The minimum Gasteiger partial charge on any atom is -0.426 e. The first kappa shape index (κ1) is 11.5. The maximum absolute atomic E-state index is 5.32. The van der Waals surface area contributed by atoms with Gasteiger partial charge in [0.15, 0.2) is 0 Å². The van der Waals surface area contributed by atoms with Crippen LogP contribution in [-0.4, -0.2) is 11.2 Å². The van der Waals surface area contributed by atoms with E-state index in [1.165, 1.54) is 12.0 Å². The molecule has 14 heavy (non-hydrogen) atoms. The van der Waals surface area contributed by atoms with Crippen LogP contribution >= 0.6 is 28.0 Å². The van der Waals surface area contributed by atoms with Crippen LogP contribution in [0.25, 0.3) is 10.9 Å². The van der Waals surface area contributed by atoms with Crippen LogP contribution in [0.5, 0.6) is 5.75 Å². The first-order valence-electron chi connectivity index (χ1n) is 3.78. The Morgan fingerprint density at radius 2 is 2.21 bits per heavy atom. The average Bonchev–Trinajstić information content (AvgIpc) is 2.49. The summed E-state index contributed by atoms with van der Waals surface area (Å²) >= 11 is 4.80. The number of halogens is 1. The van der Waals surface area contributed by atoms with Crippen molar-refractivity contribution in [2.24, 2.45) is 0 Å². The standard InChI is InChI=1S/C9H8BrNOS.CH4/c1-13-12-6-2-3-9-7(4-6)8(10)5-11-9;/h2-5,11H,1H3;1H4. The van der Waals surface area contributed by atoms with Crippen LogP contribution in [-0.2, 0) is 0 Å². The molecule has 0 spiro atoms. The number of hydrogen-bond donors (Lipinski definition) is 1. The molecule has 0 atom stereocenters. The van der Waals surface area contributed by atoms with E-state index in [4.69, 9.17) is 4.18 Å². The highest BCUT2D eigenvalue weighted by Gasteiger charge is 2.02. The van der Waals surface area contributed by atoms with Crippen LogP contribution < -0.4 is 4.18 Å². The Bertz CT molecular complexity index is 427. The van der Waals surface area contributed by atoms with Crippen molar-refractivity contribution in [3.8, 4) is 5.75 Å². The number of hydrogen-bond acceptors (Lipinski definition) is 2. The maximum Gasteiger partial charge on any atom is 0.138 e. The molecule has 0 amide bonds. The summed E-state index contributed by atoms with van der Waals surface area (Å²) in [6, 6.07) is 5.96. The van der Waals surface area contributed by atoms with Gasteiger partial charge in [-0.2, -0.15) is 0 Å². The summed E-state index contributed by atoms with van der Waals surface area (Å²) in [7, 11) is 0. The zero-order chi connectivity index (χ0) is 9.26. The predicted octanol–water partition coefficient (Wildman–Crippen LogP) is 4.22. The molecule has 4 heteroatoms. The van der Waals surface area contributed by atoms with Crippen LogP contribution in [0.4, 0.5) is 0 Å². The molecule has 76 valence electrons. The number of fused-ring (bicyclic) bond motifs is 1. The number of rotatable bonds is 2. The number of aromatic nitrogens is 1. The van der Waals surface area contributed by atoms with Gasteiger partial charge < -0.3 is 9.17 Å². The van der Waals surface area contributed by atoms with Gasteiger partial charge in [0.05, 0.1) is 12.0 Å². The largest absolute Gasteiger partial charge is 0.426 e. The number of benzene rings is 1. The van der Waals surface area contributed by atoms with Gasteiger partial charge in [0.25, 0.3) is 0 Å². The molecule has 0 radical (unpaired) electrons. The molecular weight excluding hydrogens is 262 g/mol. The van der Waals surface area contributed by atoms with Gasteiger partial charge in [0.1, 0.15) is 5.75 Å². The maximum atomic E-state index is 5.32. The fourth-order valence-electron chi connectivity index (χ4n) is 1.21. The SMILES string of the molecule is C.CSOc1ccc2[nH]cc(Br)c2c1. The third-order valence-corrected chi connectivity index (χ3v) is 2.80. The summed E-state index contributed by atoms with van der Waals surface area (Å²) in [5.74, 6) is 0.875. The number of aromatic amines is 1. The second kappa shape index (κ2) is 4.75. The van der Waals surface area contributed by atoms with Crippen LogP contribution in [0.15, 0.2) is 28.9 Å². The molecule has 2 nitrogen and oxygen atoms in total. The van der Waals surface area contributed by atoms with E-state index in [2.05, 4.69) is 20.9 Å². The number of H-pyrrole nitrogens is 1. The summed E-state index contributed by atoms with van der Waals surface area (Å²) in [5, 5.41) is 1.14. The van der Waals surface area contributed by atoms with E-state index >= 15 is 0 Å². The second-order valence-corrected chi connectivity index (χ2v) is 3.95. The van der Waals surface area contributed by atoms with Gasteiger partial charge in [-0.05, 0) is 34.1 Å². The average molecular weight is 274 g/mol. The van der Waals surface area contributed by atoms with Crippen molar-refractivity contribution in [3.05, 3.63) is 28.9 Å². The predicted molar refractivity (Wildman–Crippen MR) is 66.9 cm³/mol. The molecule has 0 saturated carbocycles. The molecule has 2 rings (SSSR count). The minimum atomic E-state index is 0. The summed E-state index contributed by atoms with van der Waals surface area (Å²) < 4.78 is 6.38. The van der Waals surface area contributed by atoms with Gasteiger partial charge in [-0.25, -0.2) is 0 Å². The lowest BCUT2D eigenvalue weighted by Gasteiger charge is -2.00. The Labute approximate surface area is 96.4 Å². The van der Waals surface area contributed by atoms with E-state index in [9.17, 15) is 0 Å². The molecule has 2 aromatic rings. The van der Waals surface area contributed by atoms with Crippen molar-refractivity contribution in [1.82, 2.24) is 4.98 Å². The fourth-order valence-corrected chi connectivity index (χ4v) is 1.95. The Morgan fingerprint density at radius 3 is 2.93 bits per heavy atom. The second-order valence-electron chi connectivity index (χ2n) is 2.59. The van der Waals surface area contributed by atoms with Gasteiger partial charge in [-0.3, -0.25) is 0 Å². The molecule has 0 aliphatic carbocycles. The first-order chi connectivity index (χ1) is 6.31. The third kappa shape index (κ3) is 2.07. The van der Waals surface area contributed by atoms with Crippen molar-refractivity contribution in [2.45, 2.75) is 7.43 Å². The van der Waals surface area contributed by atoms with Crippen LogP contribution in [0.2, 0.25) is 0 Å². The normalized spacial score (nSPS) is 9.86. The summed E-state index contributed by atoms with van der Waals surface area (Å²) in [6.07, 6.45) is 3.82. The van der Waals surface area contributed by atoms with Crippen molar-refractivity contribution in [2.75, 3.05) is 6.26 Å². The van der Waals surface area contributed by atoms with Crippen molar-refractivity contribution in [1.29, 1.82) is 0 Å². The van der Waals surface area contributed by atoms with Gasteiger partial charge in [0, 0.05) is 27.8 Å². The molecule has 1 N–H and O–H groups in total. The minimum absolute atomic E-state index is 0. The smallest absolute Gasteiger partial charge is 0.138 e.